The summed E-state index contributed by atoms with van der Waals surface area (Å²) < 4.78 is 1.56. The minimum Gasteiger partial charge on any atom is -0.297 e. The summed E-state index contributed by atoms with van der Waals surface area (Å²) in [7, 11) is 0. The molecule has 1 amide bonds. The standard InChI is InChI=1S/C19H14BrN3O2S2/c20-15-9-7-14(8-10-15)16(24)12-26-19-23-22-18(27-19)21-17(25)11-6-13-4-2-1-3-5-13/h1-11H,12H2,(H,21,22,25)/b11-6+. The van der Waals surface area contributed by atoms with E-state index >= 15 is 0 Å². The second kappa shape index (κ2) is 9.59. The number of halogens is 1. The summed E-state index contributed by atoms with van der Waals surface area (Å²) in [5, 5.41) is 11.0. The van der Waals surface area contributed by atoms with Crippen LogP contribution >= 0.6 is 39.0 Å². The predicted octanol–water partition coefficient (Wildman–Crippen LogP) is 4.93. The summed E-state index contributed by atoms with van der Waals surface area (Å²) in [6.07, 6.45) is 3.17. The molecule has 2 aromatic carbocycles. The molecule has 0 fully saturated rings. The van der Waals surface area contributed by atoms with Gasteiger partial charge in [-0.15, -0.1) is 10.2 Å². The number of thioether (sulfide) groups is 1. The van der Waals surface area contributed by atoms with Gasteiger partial charge in [0, 0.05) is 16.1 Å². The van der Waals surface area contributed by atoms with Gasteiger partial charge in [-0.3, -0.25) is 14.9 Å². The van der Waals surface area contributed by atoms with E-state index in [0.717, 1.165) is 10.0 Å². The van der Waals surface area contributed by atoms with Crippen LogP contribution in [0.2, 0.25) is 0 Å². The first-order chi connectivity index (χ1) is 13.1. The Balaban J connectivity index is 1.50. The number of aromatic nitrogens is 2. The van der Waals surface area contributed by atoms with Crippen molar-refractivity contribution in [3.63, 3.8) is 0 Å². The van der Waals surface area contributed by atoms with Gasteiger partial charge >= 0.3 is 0 Å². The van der Waals surface area contributed by atoms with E-state index in [9.17, 15) is 9.59 Å². The van der Waals surface area contributed by atoms with Gasteiger partial charge in [0.25, 0.3) is 0 Å². The highest BCUT2D eigenvalue weighted by atomic mass is 79.9. The van der Waals surface area contributed by atoms with Crippen LogP contribution in [0.1, 0.15) is 15.9 Å². The molecule has 5 nitrogen and oxygen atoms in total. The average molecular weight is 460 g/mol. The van der Waals surface area contributed by atoms with Crippen molar-refractivity contribution < 1.29 is 9.59 Å². The summed E-state index contributed by atoms with van der Waals surface area (Å²) in [6, 6.07) is 16.8. The SMILES string of the molecule is O=C(/C=C/c1ccccc1)Nc1nnc(SCC(=O)c2ccc(Br)cc2)s1. The van der Waals surface area contributed by atoms with Crippen molar-refractivity contribution >= 4 is 61.9 Å². The fourth-order valence-electron chi connectivity index (χ4n) is 2.05. The van der Waals surface area contributed by atoms with Crippen molar-refractivity contribution in [3.8, 4) is 0 Å². The van der Waals surface area contributed by atoms with Gasteiger partial charge in [0.1, 0.15) is 0 Å². The maximum Gasteiger partial charge on any atom is 0.250 e. The van der Waals surface area contributed by atoms with Crippen LogP contribution in [-0.4, -0.2) is 27.6 Å². The zero-order chi connectivity index (χ0) is 19.1. The van der Waals surface area contributed by atoms with Gasteiger partial charge in [0.15, 0.2) is 10.1 Å². The molecule has 3 rings (SSSR count). The zero-order valence-corrected chi connectivity index (χ0v) is 17.2. The zero-order valence-electron chi connectivity index (χ0n) is 14.0. The van der Waals surface area contributed by atoms with Crippen LogP contribution in [0.4, 0.5) is 5.13 Å². The van der Waals surface area contributed by atoms with Crippen LogP contribution < -0.4 is 5.32 Å². The van der Waals surface area contributed by atoms with Crippen LogP contribution in [0.3, 0.4) is 0 Å². The van der Waals surface area contributed by atoms with Crippen molar-refractivity contribution in [2.45, 2.75) is 4.34 Å². The number of rotatable bonds is 7. The number of carbonyl (C=O) groups is 2. The van der Waals surface area contributed by atoms with Crippen molar-refractivity contribution in [2.24, 2.45) is 0 Å². The Labute approximate surface area is 173 Å². The first kappa shape index (κ1) is 19.5. The van der Waals surface area contributed by atoms with Gasteiger partial charge in [-0.25, -0.2) is 0 Å². The molecular weight excluding hydrogens is 446 g/mol. The van der Waals surface area contributed by atoms with Crippen LogP contribution in [0.5, 0.6) is 0 Å². The molecule has 0 aliphatic heterocycles. The number of ketones is 1. The summed E-state index contributed by atoms with van der Waals surface area (Å²) in [5.74, 6) is -0.00504. The fourth-order valence-corrected chi connectivity index (χ4v) is 3.96. The molecular formula is C19H14BrN3O2S2. The predicted molar refractivity (Wildman–Crippen MR) is 113 cm³/mol. The maximum absolute atomic E-state index is 12.2. The summed E-state index contributed by atoms with van der Waals surface area (Å²) >= 11 is 5.88. The minimum absolute atomic E-state index is 0.0130. The first-order valence-electron chi connectivity index (χ1n) is 7.89. The quantitative estimate of drug-likeness (QED) is 0.234. The van der Waals surface area contributed by atoms with Crippen LogP contribution in [-0.2, 0) is 4.79 Å². The van der Waals surface area contributed by atoms with E-state index in [1.807, 2.05) is 42.5 Å². The first-order valence-corrected chi connectivity index (χ1v) is 10.5. The fraction of sp³-hybridized carbons (Fsp3) is 0.0526. The molecule has 0 aliphatic carbocycles. The topological polar surface area (TPSA) is 72.0 Å². The molecule has 0 aliphatic rings. The van der Waals surface area contributed by atoms with E-state index in [0.29, 0.717) is 15.0 Å². The molecule has 1 N–H and O–H groups in total. The van der Waals surface area contributed by atoms with Crippen molar-refractivity contribution in [3.05, 3.63) is 76.3 Å². The molecule has 0 atom stereocenters. The highest BCUT2D eigenvalue weighted by Crippen LogP contribution is 2.26. The van der Waals surface area contributed by atoms with E-state index in [4.69, 9.17) is 0 Å². The van der Waals surface area contributed by atoms with Crippen LogP contribution in [0.25, 0.3) is 6.08 Å². The highest BCUT2D eigenvalue weighted by molar-refractivity contribution is 9.10. The van der Waals surface area contributed by atoms with Crippen molar-refractivity contribution in [1.29, 1.82) is 0 Å². The average Bonchev–Trinajstić information content (AvgIpc) is 3.13. The van der Waals surface area contributed by atoms with Gasteiger partial charge in [-0.05, 0) is 23.8 Å². The molecule has 0 unspecified atom stereocenters. The third-order valence-corrected chi connectivity index (χ3v) is 5.86. The van der Waals surface area contributed by atoms with Crippen molar-refractivity contribution in [1.82, 2.24) is 10.2 Å². The highest BCUT2D eigenvalue weighted by Gasteiger charge is 2.11. The van der Waals surface area contributed by atoms with Gasteiger partial charge in [0.05, 0.1) is 5.75 Å². The molecule has 1 aromatic heterocycles. The Hall–Kier alpha value is -2.29. The Bertz CT molecular complexity index is 957. The number of benzene rings is 2. The van der Waals surface area contributed by atoms with Crippen molar-refractivity contribution in [2.75, 3.05) is 11.1 Å². The summed E-state index contributed by atoms with van der Waals surface area (Å²) in [4.78, 5) is 24.1. The van der Waals surface area contributed by atoms with Crippen LogP contribution in [0, 0.1) is 0 Å². The second-order valence-corrected chi connectivity index (χ2v) is 8.44. The number of hydrogen-bond donors (Lipinski definition) is 1. The van der Waals surface area contributed by atoms with Gasteiger partial charge in [-0.1, -0.05) is 81.5 Å². The van der Waals surface area contributed by atoms with Crippen LogP contribution in [0.15, 0.2) is 69.5 Å². The largest absolute Gasteiger partial charge is 0.297 e. The lowest BCUT2D eigenvalue weighted by atomic mass is 10.2. The molecule has 27 heavy (non-hydrogen) atoms. The Morgan fingerprint density at radius 1 is 1.07 bits per heavy atom. The second-order valence-electron chi connectivity index (χ2n) is 5.33. The van der Waals surface area contributed by atoms with E-state index in [1.54, 1.807) is 18.2 Å². The van der Waals surface area contributed by atoms with E-state index in [1.165, 1.54) is 29.2 Å². The number of carbonyl (C=O) groups excluding carboxylic acids is 2. The molecule has 1 heterocycles. The Morgan fingerprint density at radius 3 is 2.56 bits per heavy atom. The molecule has 0 bridgehead atoms. The lowest BCUT2D eigenvalue weighted by molar-refractivity contribution is -0.111. The molecule has 0 radical (unpaired) electrons. The minimum atomic E-state index is -0.280. The lowest BCUT2D eigenvalue weighted by Crippen LogP contribution is -2.07. The summed E-state index contributed by atoms with van der Waals surface area (Å²) in [6.45, 7) is 0. The number of hydrogen-bond acceptors (Lipinski definition) is 6. The Kier molecular flexibility index (Phi) is 6.92. The smallest absolute Gasteiger partial charge is 0.250 e. The molecule has 136 valence electrons. The molecule has 0 saturated heterocycles. The number of nitrogens with zero attached hydrogens (tertiary/aromatic N) is 2. The lowest BCUT2D eigenvalue weighted by Gasteiger charge is -1.99. The molecule has 0 saturated carbocycles. The van der Waals surface area contributed by atoms with Gasteiger partial charge in [-0.2, -0.15) is 0 Å². The monoisotopic (exact) mass is 459 g/mol. The Morgan fingerprint density at radius 2 is 1.81 bits per heavy atom. The third kappa shape index (κ3) is 6.13. The molecule has 8 heteroatoms. The molecule has 3 aromatic rings. The number of amides is 1. The maximum atomic E-state index is 12.2. The van der Waals surface area contributed by atoms with E-state index < -0.39 is 0 Å². The summed E-state index contributed by atoms with van der Waals surface area (Å²) in [5.41, 5.74) is 1.59. The van der Waals surface area contributed by atoms with Gasteiger partial charge < -0.3 is 0 Å². The molecule has 0 spiro atoms. The normalized spacial score (nSPS) is 10.9. The number of nitrogens with one attached hydrogen (secondary N) is 1. The number of anilines is 1. The van der Waals surface area contributed by atoms with Gasteiger partial charge in [0.2, 0.25) is 11.0 Å². The number of Topliss-reactive ketones (excluding diaryl/α,β-unsaturated/α-hetero) is 1. The van der Waals surface area contributed by atoms with E-state index in [-0.39, 0.29) is 17.4 Å². The van der Waals surface area contributed by atoms with E-state index in [2.05, 4.69) is 31.4 Å². The third-order valence-electron chi connectivity index (χ3n) is 3.36.